The van der Waals surface area contributed by atoms with Gasteiger partial charge in [0.25, 0.3) is 0 Å². The lowest BCUT2D eigenvalue weighted by Crippen LogP contribution is -2.36. The minimum atomic E-state index is -2.83. The summed E-state index contributed by atoms with van der Waals surface area (Å²) in [6.07, 6.45) is 5.24. The Morgan fingerprint density at radius 2 is 1.94 bits per heavy atom. The maximum Gasteiger partial charge on any atom is 0.150 e. The molecule has 1 saturated carbocycles. The van der Waals surface area contributed by atoms with Crippen LogP contribution in [-0.4, -0.2) is 44.7 Å². The summed E-state index contributed by atoms with van der Waals surface area (Å²) in [5, 5.41) is 12.7. The summed E-state index contributed by atoms with van der Waals surface area (Å²) in [7, 11) is -2.83. The molecule has 0 atom stereocenters. The highest BCUT2D eigenvalue weighted by molar-refractivity contribution is 7.91. The predicted molar refractivity (Wildman–Crippen MR) is 69.8 cm³/mol. The molecule has 0 aromatic rings. The van der Waals surface area contributed by atoms with Gasteiger partial charge in [0.05, 0.1) is 5.75 Å². The highest BCUT2D eigenvalue weighted by Crippen LogP contribution is 2.36. The molecule has 0 unspecified atom stereocenters. The molecule has 1 rings (SSSR count). The lowest BCUT2D eigenvalue weighted by Gasteiger charge is -2.26. The van der Waals surface area contributed by atoms with Gasteiger partial charge in [-0.05, 0) is 25.8 Å². The molecule has 0 saturated heterocycles. The maximum atomic E-state index is 11.3. The molecule has 1 fully saturated rings. The van der Waals surface area contributed by atoms with E-state index in [1.807, 2.05) is 0 Å². The average Bonchev–Trinajstić information content (AvgIpc) is 2.78. The number of nitrogens with one attached hydrogen (secondary N) is 1. The second kappa shape index (κ2) is 6.71. The number of hydrogen-bond donors (Lipinski definition) is 2. The van der Waals surface area contributed by atoms with Gasteiger partial charge in [-0.25, -0.2) is 8.42 Å². The van der Waals surface area contributed by atoms with Gasteiger partial charge in [-0.3, -0.25) is 0 Å². The predicted octanol–water partition coefficient (Wildman–Crippen LogP) is 0.953. The normalized spacial score (nSPS) is 19.6. The Labute approximate surface area is 105 Å². The molecular formula is C12H25NO3S. The van der Waals surface area contributed by atoms with E-state index in [-0.39, 0.29) is 23.5 Å². The number of sulfone groups is 1. The minimum Gasteiger partial charge on any atom is -0.396 e. The Morgan fingerprint density at radius 3 is 2.47 bits per heavy atom. The van der Waals surface area contributed by atoms with E-state index in [9.17, 15) is 13.5 Å². The first-order valence-corrected chi connectivity index (χ1v) is 8.38. The van der Waals surface area contributed by atoms with Crippen LogP contribution in [0.15, 0.2) is 0 Å². The monoisotopic (exact) mass is 263 g/mol. The first-order valence-electron chi connectivity index (χ1n) is 6.56. The van der Waals surface area contributed by atoms with Gasteiger partial charge in [0, 0.05) is 24.3 Å². The van der Waals surface area contributed by atoms with Gasteiger partial charge in [-0.1, -0.05) is 19.8 Å². The summed E-state index contributed by atoms with van der Waals surface area (Å²) in [5.74, 6) is 0.496. The van der Waals surface area contributed by atoms with Gasteiger partial charge in [0.1, 0.15) is 9.84 Å². The molecule has 17 heavy (non-hydrogen) atoms. The van der Waals surface area contributed by atoms with Crippen LogP contribution in [0.4, 0.5) is 0 Å². The summed E-state index contributed by atoms with van der Waals surface area (Å²) in [6.45, 7) is 3.46. The molecule has 0 aliphatic heterocycles. The molecule has 0 aromatic carbocycles. The van der Waals surface area contributed by atoms with Gasteiger partial charge in [-0.2, -0.15) is 0 Å². The second-order valence-corrected chi connectivity index (χ2v) is 7.60. The fraction of sp³-hybridized carbons (Fsp3) is 1.00. The van der Waals surface area contributed by atoms with E-state index in [0.29, 0.717) is 6.42 Å². The molecule has 0 amide bonds. The van der Waals surface area contributed by atoms with E-state index in [1.54, 1.807) is 6.92 Å². The zero-order chi connectivity index (χ0) is 12.8. The van der Waals surface area contributed by atoms with Gasteiger partial charge < -0.3 is 10.4 Å². The van der Waals surface area contributed by atoms with Crippen molar-refractivity contribution in [2.45, 2.75) is 39.0 Å². The van der Waals surface area contributed by atoms with Crippen LogP contribution in [-0.2, 0) is 9.84 Å². The smallest absolute Gasteiger partial charge is 0.150 e. The Morgan fingerprint density at radius 1 is 1.29 bits per heavy atom. The van der Waals surface area contributed by atoms with Crippen LogP contribution in [0.25, 0.3) is 0 Å². The van der Waals surface area contributed by atoms with Crippen molar-refractivity contribution in [1.29, 1.82) is 0 Å². The highest BCUT2D eigenvalue weighted by Gasteiger charge is 2.32. The third-order valence-electron chi connectivity index (χ3n) is 3.75. The summed E-state index contributed by atoms with van der Waals surface area (Å²) in [6, 6.07) is 0. The van der Waals surface area contributed by atoms with Crippen LogP contribution in [0.3, 0.4) is 0 Å². The number of hydrogen-bond acceptors (Lipinski definition) is 4. The first-order chi connectivity index (χ1) is 8.04. The van der Waals surface area contributed by atoms with Crippen molar-refractivity contribution >= 4 is 9.84 Å². The number of aliphatic hydroxyl groups is 1. The Hall–Kier alpha value is -0.130. The highest BCUT2D eigenvalue weighted by atomic mass is 32.2. The molecule has 102 valence electrons. The van der Waals surface area contributed by atoms with E-state index in [1.165, 1.54) is 12.8 Å². The molecule has 0 aromatic heterocycles. The third-order valence-corrected chi connectivity index (χ3v) is 5.54. The molecule has 4 nitrogen and oxygen atoms in total. The molecule has 2 N–H and O–H groups in total. The van der Waals surface area contributed by atoms with Crippen molar-refractivity contribution in [3.63, 3.8) is 0 Å². The Balaban J connectivity index is 2.15. The summed E-state index contributed by atoms with van der Waals surface area (Å²) < 4.78 is 22.5. The lowest BCUT2D eigenvalue weighted by atomic mass is 9.87. The number of rotatable bonds is 8. The molecule has 1 aliphatic rings. The van der Waals surface area contributed by atoms with E-state index in [0.717, 1.165) is 25.9 Å². The van der Waals surface area contributed by atoms with Crippen molar-refractivity contribution < 1.29 is 13.5 Å². The number of aliphatic hydroxyl groups excluding tert-OH is 1. The quantitative estimate of drug-likeness (QED) is 0.640. The van der Waals surface area contributed by atoms with Crippen LogP contribution in [0.1, 0.15) is 39.0 Å². The molecular weight excluding hydrogens is 238 g/mol. The SMILES string of the molecule is CCS(=O)(=O)CCCNCC1(CO)CCCC1. The molecule has 0 bridgehead atoms. The average molecular weight is 263 g/mol. The van der Waals surface area contributed by atoms with Crippen LogP contribution >= 0.6 is 0 Å². The summed E-state index contributed by atoms with van der Waals surface area (Å²) in [5.41, 5.74) is 0.0592. The van der Waals surface area contributed by atoms with E-state index >= 15 is 0 Å². The van der Waals surface area contributed by atoms with E-state index < -0.39 is 9.84 Å². The molecule has 1 aliphatic carbocycles. The molecule has 5 heteroatoms. The van der Waals surface area contributed by atoms with Crippen molar-refractivity contribution in [3.05, 3.63) is 0 Å². The largest absolute Gasteiger partial charge is 0.396 e. The molecule has 0 heterocycles. The van der Waals surface area contributed by atoms with Gasteiger partial charge in [0.2, 0.25) is 0 Å². The van der Waals surface area contributed by atoms with E-state index in [4.69, 9.17) is 0 Å². The topological polar surface area (TPSA) is 66.4 Å². The van der Waals surface area contributed by atoms with Gasteiger partial charge in [0.15, 0.2) is 0 Å². The fourth-order valence-corrected chi connectivity index (χ4v) is 3.30. The zero-order valence-corrected chi connectivity index (χ0v) is 11.6. The minimum absolute atomic E-state index is 0.0592. The van der Waals surface area contributed by atoms with Crippen LogP contribution in [0, 0.1) is 5.41 Å². The molecule has 0 radical (unpaired) electrons. The van der Waals surface area contributed by atoms with Crippen LogP contribution in [0.2, 0.25) is 0 Å². The lowest BCUT2D eigenvalue weighted by molar-refractivity contribution is 0.128. The van der Waals surface area contributed by atoms with Gasteiger partial charge in [-0.15, -0.1) is 0 Å². The van der Waals surface area contributed by atoms with Gasteiger partial charge >= 0.3 is 0 Å². The van der Waals surface area contributed by atoms with Crippen LogP contribution < -0.4 is 5.32 Å². The first kappa shape index (κ1) is 14.9. The van der Waals surface area contributed by atoms with Crippen molar-refractivity contribution in [2.24, 2.45) is 5.41 Å². The standard InChI is InChI=1S/C12H25NO3S/c1-2-17(15,16)9-5-8-13-10-12(11-14)6-3-4-7-12/h13-14H,2-11H2,1H3. The fourth-order valence-electron chi connectivity index (χ4n) is 2.43. The Kier molecular flexibility index (Phi) is 5.89. The summed E-state index contributed by atoms with van der Waals surface area (Å²) >= 11 is 0. The van der Waals surface area contributed by atoms with Crippen molar-refractivity contribution in [3.8, 4) is 0 Å². The summed E-state index contributed by atoms with van der Waals surface area (Å²) in [4.78, 5) is 0. The Bertz CT molecular complexity index is 308. The van der Waals surface area contributed by atoms with Crippen LogP contribution in [0.5, 0.6) is 0 Å². The van der Waals surface area contributed by atoms with Crippen molar-refractivity contribution in [1.82, 2.24) is 5.32 Å². The second-order valence-electron chi connectivity index (χ2n) is 5.13. The van der Waals surface area contributed by atoms with Crippen molar-refractivity contribution in [2.75, 3.05) is 31.2 Å². The molecule has 0 spiro atoms. The zero-order valence-electron chi connectivity index (χ0n) is 10.7. The third kappa shape index (κ3) is 4.94. The maximum absolute atomic E-state index is 11.3. The van der Waals surface area contributed by atoms with E-state index in [2.05, 4.69) is 5.32 Å².